The zero-order chi connectivity index (χ0) is 8.97. The van der Waals surface area contributed by atoms with Crippen LogP contribution < -0.4 is 5.32 Å². The number of rotatable bonds is 6. The zero-order valence-electron chi connectivity index (χ0n) is 8.77. The van der Waals surface area contributed by atoms with Gasteiger partial charge < -0.3 is 5.32 Å². The van der Waals surface area contributed by atoms with Crippen LogP contribution in [0.1, 0.15) is 46.5 Å². The molecule has 1 rings (SSSR count). The van der Waals surface area contributed by atoms with Gasteiger partial charge in [0.25, 0.3) is 0 Å². The molecule has 0 amide bonds. The minimum Gasteiger partial charge on any atom is -0.314 e. The summed E-state index contributed by atoms with van der Waals surface area (Å²) in [5.41, 5.74) is 0. The molecule has 0 heterocycles. The van der Waals surface area contributed by atoms with Gasteiger partial charge in [-0.3, -0.25) is 0 Å². The van der Waals surface area contributed by atoms with Crippen molar-refractivity contribution in [3.8, 4) is 0 Å². The molecule has 0 aromatic rings. The first-order chi connectivity index (χ1) is 5.74. The molecule has 0 radical (unpaired) electrons. The average molecular weight is 169 g/mol. The van der Waals surface area contributed by atoms with Gasteiger partial charge in [-0.2, -0.15) is 0 Å². The quantitative estimate of drug-likeness (QED) is 0.644. The first-order valence-electron chi connectivity index (χ1n) is 5.47. The van der Waals surface area contributed by atoms with Crippen molar-refractivity contribution in [2.45, 2.75) is 52.5 Å². The lowest BCUT2D eigenvalue weighted by Gasteiger charge is -2.20. The summed E-state index contributed by atoms with van der Waals surface area (Å²) in [5, 5.41) is 3.62. The molecule has 0 aliphatic heterocycles. The highest BCUT2D eigenvalue weighted by molar-refractivity contribution is 4.82. The Hall–Kier alpha value is -0.0400. The third-order valence-electron chi connectivity index (χ3n) is 2.85. The second kappa shape index (κ2) is 4.86. The Balaban J connectivity index is 2.11. The van der Waals surface area contributed by atoms with Gasteiger partial charge in [0.1, 0.15) is 0 Å². The van der Waals surface area contributed by atoms with Crippen molar-refractivity contribution < 1.29 is 0 Å². The normalized spacial score (nSPS) is 20.0. The Morgan fingerprint density at radius 3 is 2.42 bits per heavy atom. The minimum absolute atomic E-state index is 0.844. The minimum atomic E-state index is 0.844. The summed E-state index contributed by atoms with van der Waals surface area (Å²) >= 11 is 0. The van der Waals surface area contributed by atoms with E-state index in [1.807, 2.05) is 0 Å². The Bertz CT molecular complexity index is 116. The molecule has 1 heteroatoms. The van der Waals surface area contributed by atoms with Crippen LogP contribution in [0, 0.1) is 11.8 Å². The van der Waals surface area contributed by atoms with E-state index in [4.69, 9.17) is 0 Å². The summed E-state index contributed by atoms with van der Waals surface area (Å²) in [6, 6.07) is 0.878. The van der Waals surface area contributed by atoms with Crippen LogP contribution in [0.3, 0.4) is 0 Å². The van der Waals surface area contributed by atoms with Gasteiger partial charge >= 0.3 is 0 Å². The highest BCUT2D eigenvalue weighted by Crippen LogP contribution is 2.21. The molecular weight excluding hydrogens is 146 g/mol. The van der Waals surface area contributed by atoms with Gasteiger partial charge in [-0.05, 0) is 37.6 Å². The van der Waals surface area contributed by atoms with Gasteiger partial charge in [-0.15, -0.1) is 0 Å². The second-order valence-electron chi connectivity index (χ2n) is 4.48. The van der Waals surface area contributed by atoms with E-state index >= 15 is 0 Å². The van der Waals surface area contributed by atoms with E-state index in [0.29, 0.717) is 0 Å². The van der Waals surface area contributed by atoms with Crippen molar-refractivity contribution in [3.63, 3.8) is 0 Å². The largest absolute Gasteiger partial charge is 0.314 e. The summed E-state index contributed by atoms with van der Waals surface area (Å²) in [6.45, 7) is 8.21. The molecule has 72 valence electrons. The molecule has 1 unspecified atom stereocenters. The first kappa shape index (κ1) is 10.0. The molecule has 1 N–H and O–H groups in total. The summed E-state index contributed by atoms with van der Waals surface area (Å²) in [5.74, 6) is 1.74. The fourth-order valence-electron chi connectivity index (χ4n) is 1.65. The van der Waals surface area contributed by atoms with Gasteiger partial charge in [0.2, 0.25) is 0 Å². The number of hydrogen-bond donors (Lipinski definition) is 1. The molecule has 0 saturated heterocycles. The maximum Gasteiger partial charge on any atom is 0.00683 e. The van der Waals surface area contributed by atoms with Gasteiger partial charge in [0, 0.05) is 6.04 Å². The first-order valence-corrected chi connectivity index (χ1v) is 5.47. The Morgan fingerprint density at radius 1 is 1.33 bits per heavy atom. The molecule has 1 atom stereocenters. The summed E-state index contributed by atoms with van der Waals surface area (Å²) in [7, 11) is 0. The third kappa shape index (κ3) is 3.57. The lowest BCUT2D eigenvalue weighted by atomic mass is 9.91. The molecule has 0 spiro atoms. The van der Waals surface area contributed by atoms with E-state index in [1.54, 1.807) is 0 Å². The average Bonchev–Trinajstić information content (AvgIpc) is 2.80. The predicted octanol–water partition coefficient (Wildman–Crippen LogP) is 2.81. The van der Waals surface area contributed by atoms with E-state index in [1.165, 1.54) is 32.2 Å². The van der Waals surface area contributed by atoms with Gasteiger partial charge in [-0.25, -0.2) is 0 Å². The smallest absolute Gasteiger partial charge is 0.00683 e. The van der Waals surface area contributed by atoms with E-state index in [-0.39, 0.29) is 0 Å². The van der Waals surface area contributed by atoms with Crippen LogP contribution in [0.15, 0.2) is 0 Å². The lowest BCUT2D eigenvalue weighted by molar-refractivity contribution is 0.337. The molecule has 0 bridgehead atoms. The van der Waals surface area contributed by atoms with Gasteiger partial charge in [0.05, 0.1) is 0 Å². The summed E-state index contributed by atoms with van der Waals surface area (Å²) in [4.78, 5) is 0. The van der Waals surface area contributed by atoms with Crippen molar-refractivity contribution >= 4 is 0 Å². The van der Waals surface area contributed by atoms with Crippen LogP contribution in [-0.2, 0) is 0 Å². The SMILES string of the molecule is CCCC(CNC1CC1)C(C)C. The van der Waals surface area contributed by atoms with Crippen molar-refractivity contribution in [1.29, 1.82) is 0 Å². The van der Waals surface area contributed by atoms with Gasteiger partial charge in [-0.1, -0.05) is 27.2 Å². The molecule has 1 aliphatic rings. The summed E-state index contributed by atoms with van der Waals surface area (Å²) < 4.78 is 0. The van der Waals surface area contributed by atoms with Crippen LogP contribution in [0.5, 0.6) is 0 Å². The Morgan fingerprint density at radius 2 is 2.00 bits per heavy atom. The zero-order valence-corrected chi connectivity index (χ0v) is 8.77. The summed E-state index contributed by atoms with van der Waals surface area (Å²) in [6.07, 6.45) is 5.54. The Labute approximate surface area is 76.9 Å². The van der Waals surface area contributed by atoms with Crippen LogP contribution in [0.2, 0.25) is 0 Å². The van der Waals surface area contributed by atoms with Crippen molar-refractivity contribution in [3.05, 3.63) is 0 Å². The third-order valence-corrected chi connectivity index (χ3v) is 2.85. The predicted molar refractivity (Wildman–Crippen MR) is 54.3 cm³/mol. The lowest BCUT2D eigenvalue weighted by Crippen LogP contribution is -2.27. The van der Waals surface area contributed by atoms with Crippen LogP contribution in [0.25, 0.3) is 0 Å². The molecule has 1 fully saturated rings. The molecule has 12 heavy (non-hydrogen) atoms. The van der Waals surface area contributed by atoms with Crippen molar-refractivity contribution in [2.24, 2.45) is 11.8 Å². The van der Waals surface area contributed by atoms with E-state index in [2.05, 4.69) is 26.1 Å². The standard InChI is InChI=1S/C11H23N/c1-4-5-10(9(2)3)8-12-11-6-7-11/h9-12H,4-8H2,1-3H3. The van der Waals surface area contributed by atoms with Crippen molar-refractivity contribution in [1.82, 2.24) is 5.32 Å². The fourth-order valence-corrected chi connectivity index (χ4v) is 1.65. The van der Waals surface area contributed by atoms with Crippen LogP contribution in [-0.4, -0.2) is 12.6 Å². The van der Waals surface area contributed by atoms with Crippen LogP contribution >= 0.6 is 0 Å². The van der Waals surface area contributed by atoms with E-state index in [9.17, 15) is 0 Å². The van der Waals surface area contributed by atoms with E-state index in [0.717, 1.165) is 17.9 Å². The van der Waals surface area contributed by atoms with Crippen LogP contribution in [0.4, 0.5) is 0 Å². The highest BCUT2D eigenvalue weighted by Gasteiger charge is 2.22. The van der Waals surface area contributed by atoms with E-state index < -0.39 is 0 Å². The molecule has 0 aromatic carbocycles. The number of hydrogen-bond acceptors (Lipinski definition) is 1. The number of nitrogens with one attached hydrogen (secondary N) is 1. The molecule has 1 saturated carbocycles. The molecular formula is C11H23N. The van der Waals surface area contributed by atoms with Crippen molar-refractivity contribution in [2.75, 3.05) is 6.54 Å². The maximum atomic E-state index is 3.62. The maximum absolute atomic E-state index is 3.62. The molecule has 1 nitrogen and oxygen atoms in total. The second-order valence-corrected chi connectivity index (χ2v) is 4.48. The Kier molecular flexibility index (Phi) is 4.07. The fraction of sp³-hybridized carbons (Fsp3) is 1.00. The monoisotopic (exact) mass is 169 g/mol. The topological polar surface area (TPSA) is 12.0 Å². The molecule has 1 aliphatic carbocycles. The highest BCUT2D eigenvalue weighted by atomic mass is 14.9. The van der Waals surface area contributed by atoms with Gasteiger partial charge in [0.15, 0.2) is 0 Å². The molecule has 0 aromatic heterocycles.